The Labute approximate surface area is 133 Å². The van der Waals surface area contributed by atoms with Crippen LogP contribution in [0, 0.1) is 28.6 Å². The first kappa shape index (κ1) is 15.0. The molecule has 1 saturated carbocycles. The molecule has 0 radical (unpaired) electrons. The van der Waals surface area contributed by atoms with Gasteiger partial charge in [-0.1, -0.05) is 32.0 Å². The third kappa shape index (κ3) is 3.14. The molecule has 1 nitrogen and oxygen atoms in total. The van der Waals surface area contributed by atoms with Crippen molar-refractivity contribution in [3.63, 3.8) is 0 Å². The van der Waals surface area contributed by atoms with Crippen molar-refractivity contribution in [1.29, 1.82) is 5.26 Å². The van der Waals surface area contributed by atoms with Crippen molar-refractivity contribution < 1.29 is 0 Å². The molecule has 21 heavy (non-hydrogen) atoms. The van der Waals surface area contributed by atoms with Gasteiger partial charge in [-0.3, -0.25) is 0 Å². The highest BCUT2D eigenvalue weighted by atomic mass is 32.2. The van der Waals surface area contributed by atoms with Gasteiger partial charge in [-0.25, -0.2) is 0 Å². The van der Waals surface area contributed by atoms with E-state index >= 15 is 0 Å². The highest BCUT2D eigenvalue weighted by Gasteiger charge is 2.39. The summed E-state index contributed by atoms with van der Waals surface area (Å²) in [7, 11) is 0. The van der Waals surface area contributed by atoms with E-state index in [2.05, 4.69) is 44.2 Å². The fourth-order valence-electron chi connectivity index (χ4n) is 4.02. The lowest BCUT2D eigenvalue weighted by atomic mass is 9.66. The van der Waals surface area contributed by atoms with Crippen molar-refractivity contribution in [2.75, 3.05) is 0 Å². The summed E-state index contributed by atoms with van der Waals surface area (Å²) in [5.74, 6) is 1.60. The SMILES string of the molecule is CC(C)C1CCC(C#N)(CC2Cc3ccccc3S2)CC1. The summed E-state index contributed by atoms with van der Waals surface area (Å²) in [6.07, 6.45) is 6.94. The first-order chi connectivity index (χ1) is 10.1. The minimum Gasteiger partial charge on any atom is -0.198 e. The zero-order chi connectivity index (χ0) is 14.9. The van der Waals surface area contributed by atoms with Gasteiger partial charge in [-0.05, 0) is 62.0 Å². The molecule has 1 heterocycles. The third-order valence-corrected chi connectivity index (χ3v) is 6.82. The van der Waals surface area contributed by atoms with Gasteiger partial charge in [0.05, 0.1) is 11.5 Å². The summed E-state index contributed by atoms with van der Waals surface area (Å²) in [6.45, 7) is 4.65. The smallest absolute Gasteiger partial charge is 0.0690 e. The lowest BCUT2D eigenvalue weighted by molar-refractivity contribution is 0.166. The molecular formula is C19H25NS. The molecule has 0 aromatic heterocycles. The standard InChI is InChI=1S/C19H25NS/c1-14(2)15-7-9-19(13-20,10-8-15)12-17-11-16-5-3-4-6-18(16)21-17/h3-6,14-15,17H,7-12H2,1-2H3. The van der Waals surface area contributed by atoms with Crippen LogP contribution in [-0.4, -0.2) is 5.25 Å². The number of hydrogen-bond acceptors (Lipinski definition) is 2. The Bertz CT molecular complexity index is 510. The quantitative estimate of drug-likeness (QED) is 0.741. The van der Waals surface area contributed by atoms with Crippen molar-refractivity contribution in [1.82, 2.24) is 0 Å². The van der Waals surface area contributed by atoms with Crippen molar-refractivity contribution in [2.45, 2.75) is 62.5 Å². The van der Waals surface area contributed by atoms with E-state index < -0.39 is 0 Å². The monoisotopic (exact) mass is 299 g/mol. The number of benzene rings is 1. The minimum absolute atomic E-state index is 0.0505. The van der Waals surface area contributed by atoms with E-state index in [4.69, 9.17) is 0 Å². The molecule has 1 atom stereocenters. The molecule has 1 aliphatic carbocycles. The first-order valence-electron chi connectivity index (χ1n) is 8.28. The molecule has 2 heteroatoms. The fourth-order valence-corrected chi connectivity index (χ4v) is 5.51. The lowest BCUT2D eigenvalue weighted by Crippen LogP contribution is -2.30. The van der Waals surface area contributed by atoms with Gasteiger partial charge in [0.15, 0.2) is 0 Å². The van der Waals surface area contributed by atoms with E-state index in [-0.39, 0.29) is 5.41 Å². The molecule has 0 N–H and O–H groups in total. The predicted octanol–water partition coefficient (Wildman–Crippen LogP) is 5.45. The van der Waals surface area contributed by atoms with Gasteiger partial charge in [-0.2, -0.15) is 5.26 Å². The Hall–Kier alpha value is -0.940. The van der Waals surface area contributed by atoms with Crippen LogP contribution < -0.4 is 0 Å². The summed E-state index contributed by atoms with van der Waals surface area (Å²) in [5, 5.41) is 10.4. The Morgan fingerprint density at radius 2 is 2.00 bits per heavy atom. The molecule has 3 rings (SSSR count). The Kier molecular flexibility index (Phi) is 4.31. The maximum absolute atomic E-state index is 9.78. The van der Waals surface area contributed by atoms with Gasteiger partial charge in [0, 0.05) is 10.1 Å². The van der Waals surface area contributed by atoms with Crippen molar-refractivity contribution in [2.24, 2.45) is 17.3 Å². The summed E-state index contributed by atoms with van der Waals surface area (Å²) >= 11 is 2.00. The highest BCUT2D eigenvalue weighted by Crippen LogP contribution is 2.48. The van der Waals surface area contributed by atoms with E-state index in [1.165, 1.54) is 23.3 Å². The van der Waals surface area contributed by atoms with Crippen LogP contribution in [0.25, 0.3) is 0 Å². The zero-order valence-corrected chi connectivity index (χ0v) is 14.0. The summed E-state index contributed by atoms with van der Waals surface area (Å²) in [6, 6.07) is 11.5. The molecule has 1 aromatic rings. The highest BCUT2D eigenvalue weighted by molar-refractivity contribution is 8.00. The molecule has 1 fully saturated rings. The van der Waals surface area contributed by atoms with Crippen LogP contribution in [0.5, 0.6) is 0 Å². The first-order valence-corrected chi connectivity index (χ1v) is 9.16. The Morgan fingerprint density at radius 3 is 2.62 bits per heavy atom. The maximum atomic E-state index is 9.78. The molecule has 112 valence electrons. The molecule has 0 bridgehead atoms. The average molecular weight is 299 g/mol. The van der Waals surface area contributed by atoms with Gasteiger partial charge < -0.3 is 0 Å². The minimum atomic E-state index is -0.0505. The average Bonchev–Trinajstić information content (AvgIpc) is 2.89. The summed E-state index contributed by atoms with van der Waals surface area (Å²) in [4.78, 5) is 1.44. The van der Waals surface area contributed by atoms with Crippen LogP contribution in [0.1, 0.15) is 51.5 Å². The van der Waals surface area contributed by atoms with Gasteiger partial charge in [0.1, 0.15) is 0 Å². The summed E-state index contributed by atoms with van der Waals surface area (Å²) in [5.41, 5.74) is 1.43. The normalized spacial score (nSPS) is 31.9. The number of thioether (sulfide) groups is 1. The topological polar surface area (TPSA) is 23.8 Å². The molecule has 0 spiro atoms. The van der Waals surface area contributed by atoms with Crippen LogP contribution in [0.4, 0.5) is 0 Å². The van der Waals surface area contributed by atoms with E-state index in [1.807, 2.05) is 11.8 Å². The zero-order valence-electron chi connectivity index (χ0n) is 13.1. The molecule has 1 aliphatic heterocycles. The third-order valence-electron chi connectivity index (χ3n) is 5.50. The number of rotatable bonds is 3. The van der Waals surface area contributed by atoms with Crippen LogP contribution in [0.15, 0.2) is 29.2 Å². The van der Waals surface area contributed by atoms with E-state index in [0.29, 0.717) is 5.25 Å². The largest absolute Gasteiger partial charge is 0.198 e. The van der Waals surface area contributed by atoms with Crippen LogP contribution in [-0.2, 0) is 6.42 Å². The van der Waals surface area contributed by atoms with Crippen LogP contribution in [0.2, 0.25) is 0 Å². The van der Waals surface area contributed by atoms with Gasteiger partial charge in [0.25, 0.3) is 0 Å². The van der Waals surface area contributed by atoms with Crippen molar-refractivity contribution in [3.8, 4) is 6.07 Å². The Morgan fingerprint density at radius 1 is 1.29 bits per heavy atom. The van der Waals surface area contributed by atoms with E-state index in [9.17, 15) is 5.26 Å². The molecule has 1 aromatic carbocycles. The molecular weight excluding hydrogens is 274 g/mol. The van der Waals surface area contributed by atoms with Crippen LogP contribution in [0.3, 0.4) is 0 Å². The molecule has 0 saturated heterocycles. The van der Waals surface area contributed by atoms with Gasteiger partial charge >= 0.3 is 0 Å². The van der Waals surface area contributed by atoms with Crippen molar-refractivity contribution >= 4 is 11.8 Å². The lowest BCUT2D eigenvalue weighted by Gasteiger charge is -2.37. The van der Waals surface area contributed by atoms with Gasteiger partial charge in [-0.15, -0.1) is 11.8 Å². The second-order valence-electron chi connectivity index (χ2n) is 7.23. The van der Waals surface area contributed by atoms with Gasteiger partial charge in [0.2, 0.25) is 0 Å². The predicted molar refractivity (Wildman–Crippen MR) is 89.3 cm³/mol. The number of fused-ring (bicyclic) bond motifs is 1. The second-order valence-corrected chi connectivity index (χ2v) is 8.57. The molecule has 2 aliphatic rings. The Balaban J connectivity index is 1.63. The van der Waals surface area contributed by atoms with E-state index in [1.54, 1.807) is 0 Å². The van der Waals surface area contributed by atoms with Crippen LogP contribution >= 0.6 is 11.8 Å². The summed E-state index contributed by atoms with van der Waals surface area (Å²) < 4.78 is 0. The second kappa shape index (κ2) is 6.05. The van der Waals surface area contributed by atoms with E-state index in [0.717, 1.165) is 37.5 Å². The molecule has 0 amide bonds. The number of hydrogen-bond donors (Lipinski definition) is 0. The maximum Gasteiger partial charge on any atom is 0.0690 e. The fraction of sp³-hybridized carbons (Fsp3) is 0.632. The molecule has 1 unspecified atom stereocenters. The number of nitrogens with zero attached hydrogens (tertiary/aromatic N) is 1. The van der Waals surface area contributed by atoms with Crippen molar-refractivity contribution in [3.05, 3.63) is 29.8 Å². The number of nitriles is 1.